The van der Waals surface area contributed by atoms with Gasteiger partial charge in [0.2, 0.25) is 0 Å². The molecule has 2 heterocycles. The molecule has 110 valence electrons. The van der Waals surface area contributed by atoms with Crippen molar-refractivity contribution in [1.29, 1.82) is 0 Å². The number of ether oxygens (including phenoxy) is 2. The molecule has 0 saturated carbocycles. The highest BCUT2D eigenvalue weighted by Crippen LogP contribution is 2.33. The van der Waals surface area contributed by atoms with Crippen LogP contribution in [-0.2, 0) is 6.42 Å². The third-order valence-electron chi connectivity index (χ3n) is 3.43. The van der Waals surface area contributed by atoms with Crippen molar-refractivity contribution in [3.05, 3.63) is 39.6 Å². The highest BCUT2D eigenvalue weighted by Gasteiger charge is 2.15. The van der Waals surface area contributed by atoms with Gasteiger partial charge in [-0.25, -0.2) is 0 Å². The Morgan fingerprint density at radius 3 is 2.71 bits per heavy atom. The van der Waals surface area contributed by atoms with Crippen molar-refractivity contribution in [1.82, 2.24) is 0 Å². The van der Waals surface area contributed by atoms with E-state index in [0.717, 1.165) is 17.0 Å². The lowest BCUT2D eigenvalue weighted by Gasteiger charge is -2.18. The minimum atomic E-state index is -0.0838. The van der Waals surface area contributed by atoms with Gasteiger partial charge in [-0.2, -0.15) is 0 Å². The quantitative estimate of drug-likeness (QED) is 0.941. The molecule has 0 bridgehead atoms. The van der Waals surface area contributed by atoms with E-state index >= 15 is 0 Å². The van der Waals surface area contributed by atoms with Crippen molar-refractivity contribution >= 4 is 22.9 Å². The third-order valence-corrected chi connectivity index (χ3v) is 4.52. The van der Waals surface area contributed by atoms with Crippen LogP contribution in [0.25, 0.3) is 0 Å². The topological polar surface area (TPSA) is 47.6 Å². The van der Waals surface area contributed by atoms with E-state index in [-0.39, 0.29) is 5.91 Å². The molecule has 0 fully saturated rings. The number of anilines is 1. The number of hydrogen-bond donors (Lipinski definition) is 1. The molecule has 4 nitrogen and oxygen atoms in total. The maximum atomic E-state index is 12.3. The zero-order chi connectivity index (χ0) is 14.8. The number of amides is 1. The number of hydrogen-bond acceptors (Lipinski definition) is 4. The van der Waals surface area contributed by atoms with Gasteiger partial charge in [0.05, 0.1) is 4.88 Å². The van der Waals surface area contributed by atoms with Gasteiger partial charge in [-0.1, -0.05) is 6.92 Å². The van der Waals surface area contributed by atoms with Gasteiger partial charge < -0.3 is 14.8 Å². The molecular weight excluding hydrogens is 286 g/mol. The Kier molecular flexibility index (Phi) is 3.84. The molecule has 21 heavy (non-hydrogen) atoms. The smallest absolute Gasteiger partial charge is 0.265 e. The number of rotatable bonds is 3. The van der Waals surface area contributed by atoms with Crippen LogP contribution < -0.4 is 14.8 Å². The van der Waals surface area contributed by atoms with Crippen molar-refractivity contribution in [2.24, 2.45) is 0 Å². The Morgan fingerprint density at radius 1 is 1.24 bits per heavy atom. The van der Waals surface area contributed by atoms with Gasteiger partial charge in [0.1, 0.15) is 13.2 Å². The molecule has 2 aromatic rings. The Morgan fingerprint density at radius 2 is 2.00 bits per heavy atom. The molecule has 1 amide bonds. The maximum Gasteiger partial charge on any atom is 0.265 e. The van der Waals surface area contributed by atoms with Crippen LogP contribution in [0.4, 0.5) is 5.69 Å². The van der Waals surface area contributed by atoms with Crippen molar-refractivity contribution in [2.45, 2.75) is 20.3 Å². The van der Waals surface area contributed by atoms with Crippen LogP contribution in [0.1, 0.15) is 27.0 Å². The predicted molar refractivity (Wildman–Crippen MR) is 83.8 cm³/mol. The third kappa shape index (κ3) is 2.88. The summed E-state index contributed by atoms with van der Waals surface area (Å²) in [5, 5.41) is 2.91. The Labute approximate surface area is 127 Å². The molecule has 1 aliphatic rings. The number of nitrogens with one attached hydrogen (secondary N) is 1. The normalized spacial score (nSPS) is 13.0. The molecule has 0 spiro atoms. The average molecular weight is 303 g/mol. The van der Waals surface area contributed by atoms with Gasteiger partial charge in [-0.3, -0.25) is 4.79 Å². The molecule has 1 aromatic carbocycles. The number of thiophene rings is 1. The van der Waals surface area contributed by atoms with Crippen LogP contribution in [0.3, 0.4) is 0 Å². The van der Waals surface area contributed by atoms with Crippen molar-refractivity contribution in [3.63, 3.8) is 0 Å². The Bertz CT molecular complexity index is 678. The second-order valence-corrected chi connectivity index (χ2v) is 6.11. The van der Waals surface area contributed by atoms with Crippen LogP contribution in [0.5, 0.6) is 11.5 Å². The summed E-state index contributed by atoms with van der Waals surface area (Å²) in [6.07, 6.45) is 0.944. The molecule has 3 rings (SSSR count). The van der Waals surface area contributed by atoms with Crippen molar-refractivity contribution < 1.29 is 14.3 Å². The molecule has 1 aromatic heterocycles. The molecule has 0 saturated heterocycles. The van der Waals surface area contributed by atoms with Crippen LogP contribution in [0.2, 0.25) is 0 Å². The van der Waals surface area contributed by atoms with Crippen LogP contribution in [-0.4, -0.2) is 19.1 Å². The molecule has 0 unspecified atom stereocenters. The first kappa shape index (κ1) is 13.9. The molecule has 0 aliphatic carbocycles. The van der Waals surface area contributed by atoms with Crippen LogP contribution in [0.15, 0.2) is 24.3 Å². The first-order valence-electron chi connectivity index (χ1n) is 6.97. The van der Waals surface area contributed by atoms with E-state index in [4.69, 9.17) is 9.47 Å². The standard InChI is InChI=1S/C16H17NO3S/c1-3-11-8-15(21-10(11)2)16(18)17-12-4-5-13-14(9-12)20-7-6-19-13/h4-5,8-9H,3,6-7H2,1-2H3,(H,17,18). The zero-order valence-electron chi connectivity index (χ0n) is 12.1. The van der Waals surface area contributed by atoms with E-state index in [2.05, 4.69) is 12.2 Å². The monoisotopic (exact) mass is 303 g/mol. The number of fused-ring (bicyclic) bond motifs is 1. The van der Waals surface area contributed by atoms with E-state index in [1.54, 1.807) is 6.07 Å². The molecule has 5 heteroatoms. The fraction of sp³-hybridized carbons (Fsp3) is 0.312. The summed E-state index contributed by atoms with van der Waals surface area (Å²) in [5.41, 5.74) is 1.95. The lowest BCUT2D eigenvalue weighted by Crippen LogP contribution is -2.16. The minimum Gasteiger partial charge on any atom is -0.486 e. The van der Waals surface area contributed by atoms with E-state index in [0.29, 0.717) is 24.7 Å². The number of carbonyl (C=O) groups is 1. The predicted octanol–water partition coefficient (Wildman–Crippen LogP) is 3.64. The van der Waals surface area contributed by atoms with E-state index in [9.17, 15) is 4.79 Å². The van der Waals surface area contributed by atoms with Gasteiger partial charge in [-0.15, -0.1) is 11.3 Å². The van der Waals surface area contributed by atoms with Gasteiger partial charge in [0.25, 0.3) is 5.91 Å². The largest absolute Gasteiger partial charge is 0.486 e. The fourth-order valence-corrected chi connectivity index (χ4v) is 3.31. The van der Waals surface area contributed by atoms with Gasteiger partial charge >= 0.3 is 0 Å². The summed E-state index contributed by atoms with van der Waals surface area (Å²) in [4.78, 5) is 14.2. The summed E-state index contributed by atoms with van der Waals surface area (Å²) in [6, 6.07) is 7.41. The summed E-state index contributed by atoms with van der Waals surface area (Å²) < 4.78 is 11.0. The summed E-state index contributed by atoms with van der Waals surface area (Å²) in [5.74, 6) is 1.31. The summed E-state index contributed by atoms with van der Waals surface area (Å²) >= 11 is 1.53. The number of aryl methyl sites for hydroxylation is 2. The lowest BCUT2D eigenvalue weighted by molar-refractivity contribution is 0.103. The van der Waals surface area contributed by atoms with Gasteiger partial charge in [-0.05, 0) is 37.1 Å². The summed E-state index contributed by atoms with van der Waals surface area (Å²) in [7, 11) is 0. The van der Waals surface area contributed by atoms with Gasteiger partial charge in [0, 0.05) is 16.6 Å². The Balaban J connectivity index is 1.77. The molecule has 1 aliphatic heterocycles. The molecule has 0 atom stereocenters. The van der Waals surface area contributed by atoms with Crippen molar-refractivity contribution in [3.8, 4) is 11.5 Å². The number of benzene rings is 1. The van der Waals surface area contributed by atoms with E-state index in [1.165, 1.54) is 21.8 Å². The fourth-order valence-electron chi connectivity index (χ4n) is 2.30. The SMILES string of the molecule is CCc1cc(C(=O)Nc2ccc3c(c2)OCCO3)sc1C. The first-order chi connectivity index (χ1) is 10.2. The molecule has 1 N–H and O–H groups in total. The first-order valence-corrected chi connectivity index (χ1v) is 7.79. The highest BCUT2D eigenvalue weighted by molar-refractivity contribution is 7.14. The Hall–Kier alpha value is -2.01. The zero-order valence-corrected chi connectivity index (χ0v) is 12.9. The number of carbonyl (C=O) groups excluding carboxylic acids is 1. The average Bonchev–Trinajstić information content (AvgIpc) is 2.88. The molecule has 0 radical (unpaired) electrons. The van der Waals surface area contributed by atoms with E-state index in [1.807, 2.05) is 25.1 Å². The van der Waals surface area contributed by atoms with E-state index < -0.39 is 0 Å². The second kappa shape index (κ2) is 5.77. The highest BCUT2D eigenvalue weighted by atomic mass is 32.1. The van der Waals surface area contributed by atoms with Crippen LogP contribution in [0, 0.1) is 6.92 Å². The van der Waals surface area contributed by atoms with Crippen LogP contribution >= 0.6 is 11.3 Å². The minimum absolute atomic E-state index is 0.0838. The maximum absolute atomic E-state index is 12.3. The van der Waals surface area contributed by atoms with Gasteiger partial charge in [0.15, 0.2) is 11.5 Å². The second-order valence-electron chi connectivity index (χ2n) is 4.86. The summed E-state index contributed by atoms with van der Waals surface area (Å²) in [6.45, 7) is 5.24. The lowest BCUT2D eigenvalue weighted by atomic mass is 10.2. The van der Waals surface area contributed by atoms with Crippen molar-refractivity contribution in [2.75, 3.05) is 18.5 Å². The molecular formula is C16H17NO3S.